The maximum absolute atomic E-state index is 13.1. The Bertz CT molecular complexity index is 1050. The lowest BCUT2D eigenvalue weighted by Crippen LogP contribution is -2.41. The molecule has 0 aromatic heterocycles. The third-order valence-electron chi connectivity index (χ3n) is 5.00. The van der Waals surface area contributed by atoms with Crippen LogP contribution in [0.5, 0.6) is 5.75 Å². The van der Waals surface area contributed by atoms with Gasteiger partial charge in [-0.25, -0.2) is 4.79 Å². The van der Waals surface area contributed by atoms with Gasteiger partial charge in [-0.1, -0.05) is 54.1 Å². The molecule has 6 heteroatoms. The summed E-state index contributed by atoms with van der Waals surface area (Å²) in [7, 11) is 0. The van der Waals surface area contributed by atoms with Gasteiger partial charge in [0.25, 0.3) is 5.91 Å². The van der Waals surface area contributed by atoms with Gasteiger partial charge in [-0.05, 0) is 47.5 Å². The summed E-state index contributed by atoms with van der Waals surface area (Å²) in [6.07, 6.45) is 0. The molecule has 1 fully saturated rings. The molecule has 1 N–H and O–H groups in total. The molecule has 28 heavy (non-hydrogen) atoms. The Labute approximate surface area is 167 Å². The van der Waals surface area contributed by atoms with Crippen LogP contribution in [0.3, 0.4) is 0 Å². The number of hydrogen-bond acceptors (Lipinski definition) is 3. The molecule has 0 unspecified atom stereocenters. The smallest absolute Gasteiger partial charge is 0.325 e. The van der Waals surface area contributed by atoms with Gasteiger partial charge in [0.1, 0.15) is 17.9 Å². The number of halogens is 1. The predicted molar refractivity (Wildman–Crippen MR) is 108 cm³/mol. The first-order valence-electron chi connectivity index (χ1n) is 9.00. The van der Waals surface area contributed by atoms with Gasteiger partial charge in [0, 0.05) is 5.02 Å². The van der Waals surface area contributed by atoms with Crippen LogP contribution in [0, 0.1) is 0 Å². The molecule has 1 saturated heterocycles. The maximum atomic E-state index is 13.1. The third kappa shape index (κ3) is 3.18. The van der Waals surface area contributed by atoms with Crippen LogP contribution in [0.25, 0.3) is 10.8 Å². The lowest BCUT2D eigenvalue weighted by atomic mass is 9.88. The molecule has 1 atom stereocenters. The fraction of sp³-hybridized carbons (Fsp3) is 0.182. The molecule has 5 nitrogen and oxygen atoms in total. The lowest BCUT2D eigenvalue weighted by molar-refractivity contribution is -0.131. The first kappa shape index (κ1) is 18.3. The Kier molecular flexibility index (Phi) is 4.69. The predicted octanol–water partition coefficient (Wildman–Crippen LogP) is 4.34. The second-order valence-electron chi connectivity index (χ2n) is 6.84. The molecule has 0 radical (unpaired) electrons. The average molecular weight is 395 g/mol. The zero-order valence-corrected chi connectivity index (χ0v) is 16.1. The summed E-state index contributed by atoms with van der Waals surface area (Å²) < 4.78 is 5.63. The summed E-state index contributed by atoms with van der Waals surface area (Å²) in [6, 6.07) is 20.1. The van der Waals surface area contributed by atoms with Crippen LogP contribution in [0.1, 0.15) is 12.5 Å². The SMILES string of the molecule is C[C@]1(c2cccc3ccccc23)NC(=O)N(CCOc2ccc(Cl)cc2)C1=O. The summed E-state index contributed by atoms with van der Waals surface area (Å²) in [4.78, 5) is 26.9. The van der Waals surface area contributed by atoms with Crippen molar-refractivity contribution in [1.29, 1.82) is 0 Å². The summed E-state index contributed by atoms with van der Waals surface area (Å²) in [6.45, 7) is 2.11. The molecule has 0 aliphatic carbocycles. The minimum atomic E-state index is -1.11. The van der Waals surface area contributed by atoms with Crippen molar-refractivity contribution >= 4 is 34.3 Å². The number of hydrogen-bond donors (Lipinski definition) is 1. The Morgan fingerprint density at radius 3 is 2.50 bits per heavy atom. The largest absolute Gasteiger partial charge is 0.492 e. The van der Waals surface area contributed by atoms with Gasteiger partial charge < -0.3 is 10.1 Å². The molecule has 0 spiro atoms. The highest BCUT2D eigenvalue weighted by Crippen LogP contribution is 2.33. The average Bonchev–Trinajstić information content (AvgIpc) is 2.92. The van der Waals surface area contributed by atoms with Crippen molar-refractivity contribution in [2.45, 2.75) is 12.5 Å². The van der Waals surface area contributed by atoms with E-state index in [9.17, 15) is 9.59 Å². The molecular formula is C22H19ClN2O3. The van der Waals surface area contributed by atoms with Gasteiger partial charge in [-0.15, -0.1) is 0 Å². The Balaban J connectivity index is 1.53. The second-order valence-corrected chi connectivity index (χ2v) is 7.28. The molecule has 1 aliphatic heterocycles. The van der Waals surface area contributed by atoms with Crippen molar-refractivity contribution in [3.8, 4) is 5.75 Å². The summed E-state index contributed by atoms with van der Waals surface area (Å²) >= 11 is 5.86. The van der Waals surface area contributed by atoms with E-state index in [0.717, 1.165) is 16.3 Å². The van der Waals surface area contributed by atoms with Crippen LogP contribution in [0.15, 0.2) is 66.7 Å². The molecule has 3 aromatic rings. The fourth-order valence-electron chi connectivity index (χ4n) is 3.53. The van der Waals surface area contributed by atoms with E-state index in [1.165, 1.54) is 4.90 Å². The van der Waals surface area contributed by atoms with E-state index in [4.69, 9.17) is 16.3 Å². The first-order valence-corrected chi connectivity index (χ1v) is 9.37. The fourth-order valence-corrected chi connectivity index (χ4v) is 3.66. The highest BCUT2D eigenvalue weighted by atomic mass is 35.5. The van der Waals surface area contributed by atoms with Gasteiger partial charge in [-0.3, -0.25) is 9.69 Å². The van der Waals surface area contributed by atoms with Gasteiger partial charge in [0.2, 0.25) is 0 Å². The van der Waals surface area contributed by atoms with Crippen molar-refractivity contribution in [2.75, 3.05) is 13.2 Å². The molecular weight excluding hydrogens is 376 g/mol. The van der Waals surface area contributed by atoms with Crippen molar-refractivity contribution in [3.63, 3.8) is 0 Å². The molecule has 3 aromatic carbocycles. The molecule has 0 bridgehead atoms. The Morgan fingerprint density at radius 1 is 1.00 bits per heavy atom. The van der Waals surface area contributed by atoms with Crippen LogP contribution in [0.4, 0.5) is 4.79 Å². The number of ether oxygens (including phenoxy) is 1. The number of carbonyl (C=O) groups is 2. The van der Waals surface area contributed by atoms with Gasteiger partial charge in [0.15, 0.2) is 0 Å². The zero-order valence-electron chi connectivity index (χ0n) is 15.3. The maximum Gasteiger partial charge on any atom is 0.325 e. The number of rotatable bonds is 5. The number of nitrogens with zero attached hydrogens (tertiary/aromatic N) is 1. The van der Waals surface area contributed by atoms with Crippen molar-refractivity contribution in [1.82, 2.24) is 10.2 Å². The number of imide groups is 1. The van der Waals surface area contributed by atoms with E-state index in [-0.39, 0.29) is 19.1 Å². The van der Waals surface area contributed by atoms with Crippen LogP contribution in [0.2, 0.25) is 5.02 Å². The molecule has 3 amide bonds. The molecule has 1 aliphatic rings. The van der Waals surface area contributed by atoms with Crippen LogP contribution in [-0.4, -0.2) is 30.0 Å². The highest BCUT2D eigenvalue weighted by Gasteiger charge is 2.49. The topological polar surface area (TPSA) is 58.6 Å². The molecule has 1 heterocycles. The van der Waals surface area contributed by atoms with Crippen LogP contribution in [-0.2, 0) is 10.3 Å². The van der Waals surface area contributed by atoms with E-state index < -0.39 is 11.6 Å². The van der Waals surface area contributed by atoms with Crippen molar-refractivity contribution in [3.05, 3.63) is 77.3 Å². The van der Waals surface area contributed by atoms with E-state index in [1.807, 2.05) is 42.5 Å². The minimum absolute atomic E-state index is 0.160. The summed E-state index contributed by atoms with van der Waals surface area (Å²) in [5.41, 5.74) is -0.330. The second kappa shape index (κ2) is 7.17. The highest BCUT2D eigenvalue weighted by molar-refractivity contribution is 6.30. The van der Waals surface area contributed by atoms with Crippen molar-refractivity contribution in [2.24, 2.45) is 0 Å². The van der Waals surface area contributed by atoms with E-state index in [2.05, 4.69) is 5.32 Å². The van der Waals surface area contributed by atoms with Crippen molar-refractivity contribution < 1.29 is 14.3 Å². The normalized spacial score (nSPS) is 19.1. The quantitative estimate of drug-likeness (QED) is 0.655. The van der Waals surface area contributed by atoms with Gasteiger partial charge >= 0.3 is 6.03 Å². The molecule has 4 rings (SSSR count). The third-order valence-corrected chi connectivity index (χ3v) is 5.25. The summed E-state index contributed by atoms with van der Waals surface area (Å²) in [5.74, 6) is 0.349. The number of benzene rings is 3. The zero-order chi connectivity index (χ0) is 19.7. The molecule has 142 valence electrons. The number of amides is 3. The minimum Gasteiger partial charge on any atom is -0.492 e. The van der Waals surface area contributed by atoms with E-state index in [1.54, 1.807) is 31.2 Å². The number of fused-ring (bicyclic) bond motifs is 1. The Hall–Kier alpha value is -3.05. The number of nitrogens with one attached hydrogen (secondary N) is 1. The van der Waals surface area contributed by atoms with Gasteiger partial charge in [0.05, 0.1) is 6.54 Å². The number of carbonyl (C=O) groups excluding carboxylic acids is 2. The van der Waals surface area contributed by atoms with E-state index >= 15 is 0 Å². The lowest BCUT2D eigenvalue weighted by Gasteiger charge is -2.24. The van der Waals surface area contributed by atoms with Gasteiger partial charge in [-0.2, -0.15) is 0 Å². The molecule has 0 saturated carbocycles. The first-order chi connectivity index (χ1) is 13.5. The van der Waals surface area contributed by atoms with Crippen LogP contribution >= 0.6 is 11.6 Å². The van der Waals surface area contributed by atoms with E-state index in [0.29, 0.717) is 10.8 Å². The Morgan fingerprint density at radius 2 is 1.71 bits per heavy atom. The van der Waals surface area contributed by atoms with Crippen LogP contribution < -0.4 is 10.1 Å². The summed E-state index contributed by atoms with van der Waals surface area (Å²) in [5, 5.41) is 5.44. The monoisotopic (exact) mass is 394 g/mol. The standard InChI is InChI=1S/C22H19ClN2O3/c1-22(19-8-4-6-15-5-2-3-7-18(15)19)20(26)25(21(27)24-22)13-14-28-17-11-9-16(23)10-12-17/h2-12H,13-14H2,1H3,(H,24,27)/t22-/m1/s1. The number of urea groups is 1.